The fourth-order valence-corrected chi connectivity index (χ4v) is 3.34. The first-order valence-electron chi connectivity index (χ1n) is 6.86. The zero-order chi connectivity index (χ0) is 13.1. The molecule has 1 saturated heterocycles. The van der Waals surface area contributed by atoms with Gasteiger partial charge in [-0.25, -0.2) is 0 Å². The monoisotopic (exact) mass is 270 g/mol. The molecule has 0 aromatic rings. The summed E-state index contributed by atoms with van der Waals surface area (Å²) in [4.78, 5) is 14.8. The average molecular weight is 270 g/mol. The normalized spacial score (nSPS) is 29.5. The highest BCUT2D eigenvalue weighted by atomic mass is 32.1. The Labute approximate surface area is 114 Å². The third kappa shape index (κ3) is 2.67. The van der Waals surface area contributed by atoms with Crippen LogP contribution in [0.2, 0.25) is 0 Å². The predicted molar refractivity (Wildman–Crippen MR) is 74.3 cm³/mol. The minimum atomic E-state index is -0.305. The van der Waals surface area contributed by atoms with Crippen molar-refractivity contribution in [3.63, 3.8) is 0 Å². The molecule has 0 bridgehead atoms. The third-order valence-electron chi connectivity index (χ3n) is 4.07. The van der Waals surface area contributed by atoms with Crippen molar-refractivity contribution < 1.29 is 9.53 Å². The Kier molecular flexibility index (Phi) is 4.56. The van der Waals surface area contributed by atoms with Crippen molar-refractivity contribution >= 4 is 23.1 Å². The van der Waals surface area contributed by atoms with Gasteiger partial charge in [0, 0.05) is 6.54 Å². The Hall–Kier alpha value is -0.680. The van der Waals surface area contributed by atoms with Gasteiger partial charge in [-0.05, 0) is 19.3 Å². The van der Waals surface area contributed by atoms with Crippen molar-refractivity contribution in [1.29, 1.82) is 0 Å². The van der Waals surface area contributed by atoms with E-state index in [0.29, 0.717) is 24.6 Å². The minimum Gasteiger partial charge on any atom is -0.393 e. The number of nitrogens with two attached hydrogens (primary N) is 1. The van der Waals surface area contributed by atoms with E-state index in [0.717, 1.165) is 12.8 Å². The topological polar surface area (TPSA) is 55.6 Å². The maximum Gasteiger partial charge on any atom is 0.232 e. The van der Waals surface area contributed by atoms with Gasteiger partial charge in [-0.15, -0.1) is 0 Å². The summed E-state index contributed by atoms with van der Waals surface area (Å²) in [6.07, 6.45) is 5.40. The highest BCUT2D eigenvalue weighted by Gasteiger charge is 2.38. The molecule has 0 aromatic carbocycles. The van der Waals surface area contributed by atoms with Crippen LogP contribution in [-0.2, 0) is 9.53 Å². The quantitative estimate of drug-likeness (QED) is 0.789. The summed E-state index contributed by atoms with van der Waals surface area (Å²) < 4.78 is 5.78. The molecule has 3 atom stereocenters. The lowest BCUT2D eigenvalue weighted by Gasteiger charge is -2.44. The third-order valence-corrected chi connectivity index (χ3v) is 4.35. The second kappa shape index (κ2) is 5.97. The maximum atomic E-state index is 12.5. The van der Waals surface area contributed by atoms with Gasteiger partial charge in [0.25, 0.3) is 0 Å². The second-order valence-corrected chi connectivity index (χ2v) is 5.63. The lowest BCUT2D eigenvalue weighted by atomic mass is 9.89. The predicted octanol–water partition coefficient (Wildman–Crippen LogP) is 1.47. The summed E-state index contributed by atoms with van der Waals surface area (Å²) in [5, 5.41) is 0. The summed E-state index contributed by atoms with van der Waals surface area (Å²) in [6, 6.07) is 0.239. The molecule has 1 saturated carbocycles. The first-order chi connectivity index (χ1) is 8.65. The number of carbonyl (C=O) groups excluding carboxylic acids is 1. The van der Waals surface area contributed by atoms with Gasteiger partial charge < -0.3 is 15.4 Å². The first kappa shape index (κ1) is 13.7. The number of hydrogen-bond donors (Lipinski definition) is 1. The molecule has 2 rings (SSSR count). The van der Waals surface area contributed by atoms with Crippen LogP contribution in [0.25, 0.3) is 0 Å². The molecule has 0 radical (unpaired) electrons. The van der Waals surface area contributed by atoms with Crippen LogP contribution in [0.5, 0.6) is 0 Å². The average Bonchev–Trinajstić information content (AvgIpc) is 2.38. The summed E-state index contributed by atoms with van der Waals surface area (Å²) in [5.74, 6) is -0.203. The number of rotatable bonds is 3. The largest absolute Gasteiger partial charge is 0.393 e. The molecule has 1 amide bonds. The Morgan fingerprint density at radius 1 is 1.50 bits per heavy atom. The molecule has 2 N–H and O–H groups in total. The molecule has 102 valence electrons. The van der Waals surface area contributed by atoms with Crippen LogP contribution in [0.15, 0.2) is 0 Å². The molecule has 5 heteroatoms. The van der Waals surface area contributed by atoms with Gasteiger partial charge in [0.2, 0.25) is 5.91 Å². The lowest BCUT2D eigenvalue weighted by Crippen LogP contribution is -2.57. The van der Waals surface area contributed by atoms with E-state index >= 15 is 0 Å². The van der Waals surface area contributed by atoms with Crippen molar-refractivity contribution in [2.75, 3.05) is 13.2 Å². The van der Waals surface area contributed by atoms with Gasteiger partial charge in [-0.1, -0.05) is 32.0 Å². The van der Waals surface area contributed by atoms with Gasteiger partial charge in [-0.3, -0.25) is 4.79 Å². The maximum absolute atomic E-state index is 12.5. The molecule has 4 nitrogen and oxygen atoms in total. The lowest BCUT2D eigenvalue weighted by molar-refractivity contribution is -0.151. The van der Waals surface area contributed by atoms with E-state index in [9.17, 15) is 4.79 Å². The fraction of sp³-hybridized carbons (Fsp3) is 0.846. The highest BCUT2D eigenvalue weighted by Crippen LogP contribution is 2.29. The van der Waals surface area contributed by atoms with E-state index in [4.69, 9.17) is 22.7 Å². The first-order valence-corrected chi connectivity index (χ1v) is 7.27. The number of thiocarbonyl (C=S) groups is 1. The standard InChI is InChI=1S/C13H22N2O2S/c1-2-9(12(14)18)13(16)15-7-8-17-11-6-4-3-5-10(11)15/h9-11H,2-8H2,1H3,(H2,14,18). The Morgan fingerprint density at radius 3 is 2.89 bits per heavy atom. The van der Waals surface area contributed by atoms with Gasteiger partial charge in [0.15, 0.2) is 0 Å². The van der Waals surface area contributed by atoms with Gasteiger partial charge in [0.05, 0.1) is 29.7 Å². The number of morpholine rings is 1. The summed E-state index contributed by atoms with van der Waals surface area (Å²) in [5.41, 5.74) is 5.68. The zero-order valence-electron chi connectivity index (χ0n) is 10.9. The molecule has 1 aliphatic carbocycles. The zero-order valence-corrected chi connectivity index (χ0v) is 11.7. The Balaban J connectivity index is 2.10. The molecule has 0 aromatic heterocycles. The van der Waals surface area contributed by atoms with Crippen LogP contribution >= 0.6 is 12.2 Å². The molecule has 18 heavy (non-hydrogen) atoms. The molecule has 1 heterocycles. The van der Waals surface area contributed by atoms with Crippen molar-refractivity contribution in [1.82, 2.24) is 4.90 Å². The van der Waals surface area contributed by atoms with Gasteiger partial charge in [0.1, 0.15) is 0 Å². The van der Waals surface area contributed by atoms with Crippen molar-refractivity contribution in [2.24, 2.45) is 11.7 Å². The number of hydrogen-bond acceptors (Lipinski definition) is 3. The Bertz CT molecular complexity index is 333. The molecular weight excluding hydrogens is 248 g/mol. The van der Waals surface area contributed by atoms with Crippen LogP contribution in [0.1, 0.15) is 39.0 Å². The van der Waals surface area contributed by atoms with Crippen LogP contribution in [0.3, 0.4) is 0 Å². The minimum absolute atomic E-state index is 0.102. The molecule has 1 aliphatic heterocycles. The van der Waals surface area contributed by atoms with E-state index in [1.54, 1.807) is 0 Å². The Morgan fingerprint density at radius 2 is 2.22 bits per heavy atom. The highest BCUT2D eigenvalue weighted by molar-refractivity contribution is 7.80. The van der Waals surface area contributed by atoms with Crippen molar-refractivity contribution in [3.05, 3.63) is 0 Å². The van der Waals surface area contributed by atoms with Crippen LogP contribution in [-0.4, -0.2) is 41.1 Å². The summed E-state index contributed by atoms with van der Waals surface area (Å²) >= 11 is 5.01. The van der Waals surface area contributed by atoms with Crippen molar-refractivity contribution in [3.8, 4) is 0 Å². The molecule has 0 spiro atoms. The second-order valence-electron chi connectivity index (χ2n) is 5.16. The smallest absolute Gasteiger partial charge is 0.232 e. The van der Waals surface area contributed by atoms with E-state index in [-0.39, 0.29) is 24.0 Å². The van der Waals surface area contributed by atoms with E-state index in [1.165, 1.54) is 12.8 Å². The number of ether oxygens (including phenoxy) is 1. The number of fused-ring (bicyclic) bond motifs is 1. The molecule has 2 fully saturated rings. The van der Waals surface area contributed by atoms with E-state index in [2.05, 4.69) is 0 Å². The van der Waals surface area contributed by atoms with Gasteiger partial charge in [-0.2, -0.15) is 0 Å². The van der Waals surface area contributed by atoms with Crippen LogP contribution in [0, 0.1) is 5.92 Å². The SMILES string of the molecule is CCC(C(=O)N1CCOC2CCCCC21)C(N)=S. The van der Waals surface area contributed by atoms with Crippen LogP contribution < -0.4 is 5.73 Å². The van der Waals surface area contributed by atoms with E-state index in [1.807, 2.05) is 11.8 Å². The molecular formula is C13H22N2O2S. The number of amides is 1. The molecule has 2 aliphatic rings. The molecule has 3 unspecified atom stereocenters. The summed E-state index contributed by atoms with van der Waals surface area (Å²) in [7, 11) is 0. The van der Waals surface area contributed by atoms with E-state index < -0.39 is 0 Å². The number of nitrogens with zero attached hydrogens (tertiary/aromatic N) is 1. The fourth-order valence-electron chi connectivity index (χ4n) is 3.07. The van der Waals surface area contributed by atoms with Crippen molar-refractivity contribution in [2.45, 2.75) is 51.2 Å². The van der Waals surface area contributed by atoms with Crippen LogP contribution in [0.4, 0.5) is 0 Å². The summed E-state index contributed by atoms with van der Waals surface area (Å²) in [6.45, 7) is 3.28. The number of carbonyl (C=O) groups is 1. The van der Waals surface area contributed by atoms with Gasteiger partial charge >= 0.3 is 0 Å².